The molecule has 1 aromatic carbocycles. The van der Waals surface area contributed by atoms with Crippen molar-refractivity contribution >= 4 is 11.8 Å². The van der Waals surface area contributed by atoms with Crippen LogP contribution in [0.5, 0.6) is 0 Å². The van der Waals surface area contributed by atoms with Gasteiger partial charge in [-0.3, -0.25) is 14.5 Å². The first-order chi connectivity index (χ1) is 12.9. The van der Waals surface area contributed by atoms with Crippen LogP contribution in [0.15, 0.2) is 18.2 Å². The van der Waals surface area contributed by atoms with Crippen LogP contribution in [-0.2, 0) is 4.79 Å². The maximum atomic E-state index is 13.9. The summed E-state index contributed by atoms with van der Waals surface area (Å²) in [7, 11) is 0. The van der Waals surface area contributed by atoms with Crippen LogP contribution in [0.4, 0.5) is 8.78 Å². The maximum absolute atomic E-state index is 13.9. The molecule has 7 heteroatoms. The van der Waals surface area contributed by atoms with E-state index in [-0.39, 0.29) is 17.5 Å². The number of hydrogen-bond acceptors (Lipinski definition) is 3. The molecule has 1 atom stereocenters. The largest absolute Gasteiger partial charge is 0.341 e. The monoisotopic (exact) mass is 379 g/mol. The summed E-state index contributed by atoms with van der Waals surface area (Å²) in [6, 6.07) is 2.89. The zero-order valence-corrected chi connectivity index (χ0v) is 16.0. The van der Waals surface area contributed by atoms with E-state index in [9.17, 15) is 18.4 Å². The summed E-state index contributed by atoms with van der Waals surface area (Å²) in [5.74, 6) is -1.22. The first-order valence-electron chi connectivity index (χ1n) is 9.64. The highest BCUT2D eigenvalue weighted by Crippen LogP contribution is 2.21. The van der Waals surface area contributed by atoms with Gasteiger partial charge in [0.15, 0.2) is 0 Å². The Morgan fingerprint density at radius 2 is 1.85 bits per heavy atom. The van der Waals surface area contributed by atoms with E-state index in [0.29, 0.717) is 32.1 Å². The number of rotatable bonds is 5. The van der Waals surface area contributed by atoms with Crippen molar-refractivity contribution in [1.82, 2.24) is 14.7 Å². The lowest BCUT2D eigenvalue weighted by Crippen LogP contribution is -2.54. The summed E-state index contributed by atoms with van der Waals surface area (Å²) in [5.41, 5.74) is -0.110. The van der Waals surface area contributed by atoms with Crippen LogP contribution < -0.4 is 0 Å². The number of hydrogen-bond donors (Lipinski definition) is 0. The summed E-state index contributed by atoms with van der Waals surface area (Å²) in [5, 5.41) is 0. The van der Waals surface area contributed by atoms with Gasteiger partial charge in [0.1, 0.15) is 11.6 Å². The molecule has 2 aliphatic heterocycles. The van der Waals surface area contributed by atoms with Crippen molar-refractivity contribution in [2.45, 2.75) is 32.7 Å². The van der Waals surface area contributed by atoms with Crippen molar-refractivity contribution in [3.05, 3.63) is 35.4 Å². The second-order valence-electron chi connectivity index (χ2n) is 7.76. The predicted octanol–water partition coefficient (Wildman–Crippen LogP) is 2.37. The summed E-state index contributed by atoms with van der Waals surface area (Å²) in [4.78, 5) is 30.8. The van der Waals surface area contributed by atoms with E-state index in [4.69, 9.17) is 0 Å². The molecule has 0 spiro atoms. The van der Waals surface area contributed by atoms with Crippen LogP contribution in [0.25, 0.3) is 0 Å². The SMILES string of the molecule is CC(C)CCN1CCC(N2CCN(C(=O)c3ccc(F)cc3F)CC2)C1=O. The molecule has 0 aliphatic carbocycles. The molecule has 2 aliphatic rings. The summed E-state index contributed by atoms with van der Waals surface area (Å²) >= 11 is 0. The van der Waals surface area contributed by atoms with Crippen LogP contribution in [0, 0.1) is 17.6 Å². The van der Waals surface area contributed by atoms with Gasteiger partial charge in [-0.2, -0.15) is 0 Å². The Hall–Kier alpha value is -2.02. The lowest BCUT2D eigenvalue weighted by atomic mass is 10.1. The highest BCUT2D eigenvalue weighted by atomic mass is 19.1. The van der Waals surface area contributed by atoms with Crippen molar-refractivity contribution in [2.24, 2.45) is 5.92 Å². The fourth-order valence-electron chi connectivity index (χ4n) is 3.77. The number of carbonyl (C=O) groups is 2. The topological polar surface area (TPSA) is 43.9 Å². The molecule has 27 heavy (non-hydrogen) atoms. The highest BCUT2D eigenvalue weighted by molar-refractivity contribution is 5.94. The van der Waals surface area contributed by atoms with Crippen LogP contribution in [0.3, 0.4) is 0 Å². The van der Waals surface area contributed by atoms with Gasteiger partial charge >= 0.3 is 0 Å². The number of halogens is 2. The molecule has 3 rings (SSSR count). The smallest absolute Gasteiger partial charge is 0.256 e. The molecule has 1 aromatic rings. The number of carbonyl (C=O) groups excluding carboxylic acids is 2. The number of amides is 2. The van der Waals surface area contributed by atoms with Gasteiger partial charge in [0.2, 0.25) is 5.91 Å². The summed E-state index contributed by atoms with van der Waals surface area (Å²) in [6.07, 6.45) is 1.82. The Labute approximate surface area is 158 Å². The Morgan fingerprint density at radius 3 is 2.48 bits per heavy atom. The van der Waals surface area contributed by atoms with Crippen LogP contribution in [0.2, 0.25) is 0 Å². The number of benzene rings is 1. The normalized spacial score (nSPS) is 21.4. The van der Waals surface area contributed by atoms with Crippen LogP contribution in [0.1, 0.15) is 37.0 Å². The van der Waals surface area contributed by atoms with Gasteiger partial charge < -0.3 is 9.80 Å². The Bertz CT molecular complexity index is 702. The minimum Gasteiger partial charge on any atom is -0.341 e. The van der Waals surface area contributed by atoms with Crippen molar-refractivity contribution in [1.29, 1.82) is 0 Å². The maximum Gasteiger partial charge on any atom is 0.256 e. The molecule has 0 saturated carbocycles. The van der Waals surface area contributed by atoms with E-state index in [1.54, 1.807) is 4.90 Å². The van der Waals surface area contributed by atoms with Gasteiger partial charge in [0, 0.05) is 45.3 Å². The van der Waals surface area contributed by atoms with Gasteiger partial charge in [0.05, 0.1) is 11.6 Å². The van der Waals surface area contributed by atoms with Gasteiger partial charge in [-0.25, -0.2) is 8.78 Å². The van der Waals surface area contributed by atoms with Crippen molar-refractivity contribution in [3.63, 3.8) is 0 Å². The first kappa shape index (κ1) is 19.7. The van der Waals surface area contributed by atoms with Gasteiger partial charge in [-0.15, -0.1) is 0 Å². The quantitative estimate of drug-likeness (QED) is 0.789. The Morgan fingerprint density at radius 1 is 1.15 bits per heavy atom. The van der Waals surface area contributed by atoms with E-state index < -0.39 is 17.5 Å². The van der Waals surface area contributed by atoms with E-state index in [1.165, 1.54) is 6.07 Å². The predicted molar refractivity (Wildman–Crippen MR) is 98.3 cm³/mol. The standard InChI is InChI=1S/C20H27F2N3O2/c1-14(2)5-7-24-8-6-18(20(24)27)23-9-11-25(12-10-23)19(26)16-4-3-15(21)13-17(16)22/h3-4,13-14,18H,5-12H2,1-2H3. The first-order valence-corrected chi connectivity index (χ1v) is 9.64. The second kappa shape index (κ2) is 8.33. The average molecular weight is 379 g/mol. The van der Waals surface area contributed by atoms with Crippen molar-refractivity contribution < 1.29 is 18.4 Å². The fraction of sp³-hybridized carbons (Fsp3) is 0.600. The van der Waals surface area contributed by atoms with E-state index in [1.807, 2.05) is 4.90 Å². The van der Waals surface area contributed by atoms with Gasteiger partial charge in [0.25, 0.3) is 5.91 Å². The molecule has 2 fully saturated rings. The molecule has 0 radical (unpaired) electrons. The average Bonchev–Trinajstić information content (AvgIpc) is 3.00. The van der Waals surface area contributed by atoms with Crippen LogP contribution in [-0.4, -0.2) is 71.8 Å². The van der Waals surface area contributed by atoms with E-state index >= 15 is 0 Å². The number of nitrogens with zero attached hydrogens (tertiary/aromatic N) is 3. The highest BCUT2D eigenvalue weighted by Gasteiger charge is 2.37. The molecule has 2 amide bonds. The third-order valence-corrected chi connectivity index (χ3v) is 5.45. The van der Waals surface area contributed by atoms with Gasteiger partial charge in [-0.1, -0.05) is 13.8 Å². The third kappa shape index (κ3) is 4.46. The van der Waals surface area contributed by atoms with E-state index in [2.05, 4.69) is 18.7 Å². The van der Waals surface area contributed by atoms with Crippen molar-refractivity contribution in [2.75, 3.05) is 39.3 Å². The zero-order valence-electron chi connectivity index (χ0n) is 16.0. The third-order valence-electron chi connectivity index (χ3n) is 5.45. The number of piperazine rings is 1. The van der Waals surface area contributed by atoms with Crippen molar-refractivity contribution in [3.8, 4) is 0 Å². The summed E-state index contributed by atoms with van der Waals surface area (Å²) in [6.45, 7) is 7.94. The molecular weight excluding hydrogens is 352 g/mol. The lowest BCUT2D eigenvalue weighted by Gasteiger charge is -2.37. The molecule has 0 N–H and O–H groups in total. The molecular formula is C20H27F2N3O2. The molecule has 0 bridgehead atoms. The molecule has 1 unspecified atom stereocenters. The molecule has 2 heterocycles. The Kier molecular flexibility index (Phi) is 6.09. The molecule has 5 nitrogen and oxygen atoms in total. The van der Waals surface area contributed by atoms with E-state index in [0.717, 1.165) is 38.1 Å². The molecule has 0 aromatic heterocycles. The number of likely N-dealkylation sites (tertiary alicyclic amines) is 1. The summed E-state index contributed by atoms with van der Waals surface area (Å²) < 4.78 is 26.9. The molecule has 2 saturated heterocycles. The zero-order chi connectivity index (χ0) is 19.6. The fourth-order valence-corrected chi connectivity index (χ4v) is 3.77. The van der Waals surface area contributed by atoms with Gasteiger partial charge in [-0.05, 0) is 30.9 Å². The second-order valence-corrected chi connectivity index (χ2v) is 7.76. The Balaban J connectivity index is 1.54. The minimum absolute atomic E-state index is 0.110. The van der Waals surface area contributed by atoms with Crippen LogP contribution >= 0.6 is 0 Å². The lowest BCUT2D eigenvalue weighted by molar-refractivity contribution is -0.132. The molecule has 148 valence electrons. The minimum atomic E-state index is -0.839.